The van der Waals surface area contributed by atoms with Gasteiger partial charge >= 0.3 is 0 Å². The highest BCUT2D eigenvalue weighted by atomic mass is 19.1. The van der Waals surface area contributed by atoms with Crippen molar-refractivity contribution >= 4 is 6.29 Å². The van der Waals surface area contributed by atoms with Gasteiger partial charge in [0.15, 0.2) is 0 Å². The summed E-state index contributed by atoms with van der Waals surface area (Å²) in [5.41, 5.74) is 3.15. The Bertz CT molecular complexity index is 600. The van der Waals surface area contributed by atoms with Crippen molar-refractivity contribution in [3.8, 4) is 11.1 Å². The average molecular weight is 240 g/mol. The van der Waals surface area contributed by atoms with Gasteiger partial charge in [0.1, 0.15) is 12.1 Å². The van der Waals surface area contributed by atoms with Gasteiger partial charge in [0.25, 0.3) is 0 Å². The molecular formula is C16H13FO. The SMILES string of the molecule is O=Cc1cccc(-c2ccccc2F)c1C1CC1. The summed E-state index contributed by atoms with van der Waals surface area (Å²) in [6, 6.07) is 12.3. The summed E-state index contributed by atoms with van der Waals surface area (Å²) in [6.45, 7) is 0. The highest BCUT2D eigenvalue weighted by Crippen LogP contribution is 2.46. The molecule has 0 heterocycles. The van der Waals surface area contributed by atoms with Crippen LogP contribution >= 0.6 is 0 Å². The molecule has 0 radical (unpaired) electrons. The number of carbonyl (C=O) groups is 1. The zero-order valence-electron chi connectivity index (χ0n) is 9.90. The van der Waals surface area contributed by atoms with Crippen molar-refractivity contribution in [2.75, 3.05) is 0 Å². The third-order valence-electron chi connectivity index (χ3n) is 3.42. The highest BCUT2D eigenvalue weighted by molar-refractivity contribution is 5.84. The third kappa shape index (κ3) is 1.84. The van der Waals surface area contributed by atoms with Crippen LogP contribution in [-0.4, -0.2) is 6.29 Å². The van der Waals surface area contributed by atoms with E-state index in [0.29, 0.717) is 17.0 Å². The van der Waals surface area contributed by atoms with Crippen LogP contribution in [0.15, 0.2) is 42.5 Å². The minimum Gasteiger partial charge on any atom is -0.298 e. The van der Waals surface area contributed by atoms with Crippen LogP contribution in [-0.2, 0) is 0 Å². The molecule has 1 nitrogen and oxygen atoms in total. The Morgan fingerprint density at radius 2 is 1.72 bits per heavy atom. The maximum atomic E-state index is 13.9. The average Bonchev–Trinajstić information content (AvgIpc) is 3.22. The molecule has 0 atom stereocenters. The van der Waals surface area contributed by atoms with E-state index in [1.165, 1.54) is 6.07 Å². The molecule has 1 fully saturated rings. The van der Waals surface area contributed by atoms with E-state index in [0.717, 1.165) is 30.3 Å². The van der Waals surface area contributed by atoms with Gasteiger partial charge in [-0.1, -0.05) is 36.4 Å². The molecular weight excluding hydrogens is 227 g/mol. The van der Waals surface area contributed by atoms with E-state index in [2.05, 4.69) is 0 Å². The number of carbonyl (C=O) groups excluding carboxylic acids is 1. The normalized spacial score (nSPS) is 14.5. The molecule has 0 bridgehead atoms. The predicted molar refractivity (Wildman–Crippen MR) is 69.2 cm³/mol. The zero-order valence-corrected chi connectivity index (χ0v) is 9.90. The van der Waals surface area contributed by atoms with Crippen molar-refractivity contribution in [1.29, 1.82) is 0 Å². The van der Waals surface area contributed by atoms with E-state index in [1.54, 1.807) is 12.1 Å². The van der Waals surface area contributed by atoms with Crippen LogP contribution in [0.1, 0.15) is 34.7 Å². The molecule has 3 rings (SSSR count). The Labute approximate surface area is 105 Å². The molecule has 0 unspecified atom stereocenters. The van der Waals surface area contributed by atoms with Gasteiger partial charge in [-0.25, -0.2) is 4.39 Å². The molecule has 1 aliphatic rings. The highest BCUT2D eigenvalue weighted by Gasteiger charge is 2.29. The molecule has 1 aliphatic carbocycles. The van der Waals surface area contributed by atoms with Gasteiger partial charge in [-0.3, -0.25) is 4.79 Å². The van der Waals surface area contributed by atoms with Crippen molar-refractivity contribution in [3.63, 3.8) is 0 Å². The molecule has 0 N–H and O–H groups in total. The molecule has 2 heteroatoms. The Kier molecular flexibility index (Phi) is 2.71. The zero-order chi connectivity index (χ0) is 12.5. The Hall–Kier alpha value is -1.96. The first kappa shape index (κ1) is 11.1. The molecule has 0 spiro atoms. The fourth-order valence-corrected chi connectivity index (χ4v) is 2.43. The second-order valence-corrected chi connectivity index (χ2v) is 4.68. The minimum absolute atomic E-state index is 0.234. The lowest BCUT2D eigenvalue weighted by atomic mass is 9.92. The van der Waals surface area contributed by atoms with Gasteiger partial charge in [0.2, 0.25) is 0 Å². The monoisotopic (exact) mass is 240 g/mol. The molecule has 0 amide bonds. The van der Waals surface area contributed by atoms with Gasteiger partial charge < -0.3 is 0 Å². The van der Waals surface area contributed by atoms with Gasteiger partial charge in [-0.15, -0.1) is 0 Å². The topological polar surface area (TPSA) is 17.1 Å². The van der Waals surface area contributed by atoms with E-state index in [1.807, 2.05) is 24.3 Å². The van der Waals surface area contributed by atoms with Gasteiger partial charge in [0.05, 0.1) is 0 Å². The second kappa shape index (κ2) is 4.37. The molecule has 2 aromatic rings. The van der Waals surface area contributed by atoms with Gasteiger partial charge in [-0.2, -0.15) is 0 Å². The first-order valence-corrected chi connectivity index (χ1v) is 6.14. The van der Waals surface area contributed by atoms with E-state index in [-0.39, 0.29) is 5.82 Å². The Morgan fingerprint density at radius 3 is 2.39 bits per heavy atom. The quantitative estimate of drug-likeness (QED) is 0.735. The van der Waals surface area contributed by atoms with Crippen LogP contribution in [0.2, 0.25) is 0 Å². The van der Waals surface area contributed by atoms with Gasteiger partial charge in [-0.05, 0) is 36.0 Å². The van der Waals surface area contributed by atoms with Gasteiger partial charge in [0, 0.05) is 11.1 Å². The predicted octanol–water partition coefficient (Wildman–Crippen LogP) is 4.18. The molecule has 1 saturated carbocycles. The van der Waals surface area contributed by atoms with Crippen molar-refractivity contribution < 1.29 is 9.18 Å². The van der Waals surface area contributed by atoms with Crippen LogP contribution in [0.3, 0.4) is 0 Å². The van der Waals surface area contributed by atoms with E-state index in [4.69, 9.17) is 0 Å². The fourth-order valence-electron chi connectivity index (χ4n) is 2.43. The number of hydrogen-bond donors (Lipinski definition) is 0. The Morgan fingerprint density at radius 1 is 1.00 bits per heavy atom. The van der Waals surface area contributed by atoms with Crippen LogP contribution in [0.4, 0.5) is 4.39 Å². The largest absolute Gasteiger partial charge is 0.298 e. The smallest absolute Gasteiger partial charge is 0.150 e. The molecule has 0 aromatic heterocycles. The van der Waals surface area contributed by atoms with E-state index in [9.17, 15) is 9.18 Å². The van der Waals surface area contributed by atoms with Crippen molar-refractivity contribution in [1.82, 2.24) is 0 Å². The van der Waals surface area contributed by atoms with Crippen molar-refractivity contribution in [2.45, 2.75) is 18.8 Å². The van der Waals surface area contributed by atoms with E-state index >= 15 is 0 Å². The van der Waals surface area contributed by atoms with Crippen LogP contribution in [0, 0.1) is 5.82 Å². The summed E-state index contributed by atoms with van der Waals surface area (Å²) in [7, 11) is 0. The van der Waals surface area contributed by atoms with Crippen LogP contribution < -0.4 is 0 Å². The minimum atomic E-state index is -0.234. The third-order valence-corrected chi connectivity index (χ3v) is 3.42. The molecule has 2 aromatic carbocycles. The van der Waals surface area contributed by atoms with Crippen LogP contribution in [0.25, 0.3) is 11.1 Å². The van der Waals surface area contributed by atoms with E-state index < -0.39 is 0 Å². The van der Waals surface area contributed by atoms with Crippen molar-refractivity contribution in [3.05, 3.63) is 59.4 Å². The number of hydrogen-bond acceptors (Lipinski definition) is 1. The lowest BCUT2D eigenvalue weighted by Crippen LogP contribution is -1.96. The summed E-state index contributed by atoms with van der Waals surface area (Å²) in [4.78, 5) is 11.1. The standard InChI is InChI=1S/C16H13FO/c17-15-7-2-1-5-13(15)14-6-3-4-12(10-18)16(14)11-8-9-11/h1-7,10-11H,8-9H2. The first-order valence-electron chi connectivity index (χ1n) is 6.14. The summed E-state index contributed by atoms with van der Waals surface area (Å²) in [5, 5.41) is 0. The maximum absolute atomic E-state index is 13.9. The summed E-state index contributed by atoms with van der Waals surface area (Å²) >= 11 is 0. The summed E-state index contributed by atoms with van der Waals surface area (Å²) in [6.07, 6.45) is 3.05. The fraction of sp³-hybridized carbons (Fsp3) is 0.188. The number of aldehydes is 1. The molecule has 0 aliphatic heterocycles. The van der Waals surface area contributed by atoms with Crippen LogP contribution in [0.5, 0.6) is 0 Å². The summed E-state index contributed by atoms with van der Waals surface area (Å²) in [5.74, 6) is 0.184. The molecule has 90 valence electrons. The lowest BCUT2D eigenvalue weighted by molar-refractivity contribution is 0.112. The lowest BCUT2D eigenvalue weighted by Gasteiger charge is -2.12. The second-order valence-electron chi connectivity index (χ2n) is 4.68. The number of rotatable bonds is 3. The van der Waals surface area contributed by atoms with Crippen molar-refractivity contribution in [2.24, 2.45) is 0 Å². The molecule has 18 heavy (non-hydrogen) atoms. The first-order chi connectivity index (χ1) is 8.81. The Balaban J connectivity index is 2.23. The number of benzene rings is 2. The number of halogens is 1. The summed E-state index contributed by atoms with van der Waals surface area (Å²) < 4.78 is 13.9. The molecule has 0 saturated heterocycles. The maximum Gasteiger partial charge on any atom is 0.150 e.